The number of halogens is 2. The number of aromatic nitrogens is 2. The van der Waals surface area contributed by atoms with Crippen LogP contribution in [0.15, 0.2) is 54.9 Å². The highest BCUT2D eigenvalue weighted by atomic mass is 19.1. The maximum absolute atomic E-state index is 14.1. The number of ether oxygens (including phenoxy) is 1. The van der Waals surface area contributed by atoms with Gasteiger partial charge in [0.1, 0.15) is 29.9 Å². The number of amides is 2. The van der Waals surface area contributed by atoms with Crippen molar-refractivity contribution in [1.82, 2.24) is 15.1 Å². The third-order valence-electron chi connectivity index (χ3n) is 4.76. The van der Waals surface area contributed by atoms with E-state index in [1.807, 2.05) is 0 Å². The minimum atomic E-state index is -1.02. The van der Waals surface area contributed by atoms with Crippen LogP contribution in [0.1, 0.15) is 11.1 Å². The highest BCUT2D eigenvalue weighted by Crippen LogP contribution is 2.32. The second kappa shape index (κ2) is 7.94. The lowest BCUT2D eigenvalue weighted by molar-refractivity contribution is -0.120. The molecule has 1 aliphatic rings. The largest absolute Gasteiger partial charge is 0.489 e. The second-order valence-corrected chi connectivity index (χ2v) is 6.90. The number of para-hydroxylation sites is 1. The molecule has 3 aromatic rings. The Kier molecular flexibility index (Phi) is 5.18. The number of fused-ring (bicyclic) bond motifs is 1. The van der Waals surface area contributed by atoms with Crippen molar-refractivity contribution in [1.29, 1.82) is 0 Å². The van der Waals surface area contributed by atoms with Crippen LogP contribution in [0.2, 0.25) is 0 Å². The minimum Gasteiger partial charge on any atom is -0.489 e. The summed E-state index contributed by atoms with van der Waals surface area (Å²) < 4.78 is 34.1. The molecule has 1 aliphatic heterocycles. The van der Waals surface area contributed by atoms with Gasteiger partial charge in [-0.15, -0.1) is 0 Å². The standard InChI is InChI=1S/C21H18F2N4O3/c1-26-19-16(23)6-3-7-18(19)30-12-17(20(26)28)25-21(29)27-11-14(10-24-27)8-13-4-2-5-15(22)9-13/h2-7,9-11,17H,8,12H2,1H3,(H,25,29)/t17-/m0/s1. The fraction of sp³-hybridized carbons (Fsp3) is 0.190. The zero-order valence-corrected chi connectivity index (χ0v) is 16.0. The van der Waals surface area contributed by atoms with Crippen molar-refractivity contribution >= 4 is 17.6 Å². The van der Waals surface area contributed by atoms with Crippen LogP contribution in [0, 0.1) is 11.6 Å². The average Bonchev–Trinajstić information content (AvgIpc) is 3.14. The van der Waals surface area contributed by atoms with Crippen molar-refractivity contribution in [3.8, 4) is 5.75 Å². The van der Waals surface area contributed by atoms with Crippen LogP contribution in [0.4, 0.5) is 19.3 Å². The van der Waals surface area contributed by atoms with Gasteiger partial charge in [0.05, 0.1) is 6.20 Å². The first kappa shape index (κ1) is 19.6. The first-order chi connectivity index (χ1) is 14.4. The van der Waals surface area contributed by atoms with E-state index in [0.717, 1.165) is 15.1 Å². The van der Waals surface area contributed by atoms with Crippen molar-refractivity contribution in [3.05, 3.63) is 77.6 Å². The highest BCUT2D eigenvalue weighted by Gasteiger charge is 2.32. The van der Waals surface area contributed by atoms with Gasteiger partial charge >= 0.3 is 6.03 Å². The van der Waals surface area contributed by atoms with E-state index in [0.29, 0.717) is 12.0 Å². The van der Waals surface area contributed by atoms with Gasteiger partial charge in [-0.1, -0.05) is 18.2 Å². The number of likely N-dealkylation sites (N-methyl/N-ethyl adjacent to an activating group) is 1. The van der Waals surface area contributed by atoms with Crippen LogP contribution in [0.5, 0.6) is 5.75 Å². The van der Waals surface area contributed by atoms with Gasteiger partial charge < -0.3 is 15.0 Å². The molecule has 7 nitrogen and oxygen atoms in total. The molecule has 0 fully saturated rings. The van der Waals surface area contributed by atoms with Gasteiger partial charge in [0, 0.05) is 19.7 Å². The molecule has 0 saturated heterocycles. The molecule has 0 radical (unpaired) electrons. The number of nitrogens with one attached hydrogen (secondary N) is 1. The van der Waals surface area contributed by atoms with Crippen molar-refractivity contribution in [2.45, 2.75) is 12.5 Å². The molecule has 2 aromatic carbocycles. The molecular weight excluding hydrogens is 394 g/mol. The fourth-order valence-corrected chi connectivity index (χ4v) is 3.29. The Hall–Kier alpha value is -3.75. The Labute approximate surface area is 170 Å². The maximum Gasteiger partial charge on any atom is 0.342 e. The topological polar surface area (TPSA) is 76.5 Å². The van der Waals surface area contributed by atoms with Gasteiger partial charge in [-0.3, -0.25) is 4.79 Å². The number of hydrogen-bond donors (Lipinski definition) is 1. The molecule has 0 bridgehead atoms. The van der Waals surface area contributed by atoms with Crippen molar-refractivity contribution in [3.63, 3.8) is 0 Å². The number of carbonyl (C=O) groups is 2. The number of carbonyl (C=O) groups excluding carboxylic acids is 2. The molecule has 9 heteroatoms. The average molecular weight is 412 g/mol. The molecule has 0 unspecified atom stereocenters. The molecule has 1 atom stereocenters. The number of benzene rings is 2. The van der Waals surface area contributed by atoms with Crippen LogP contribution in [0.25, 0.3) is 0 Å². The van der Waals surface area contributed by atoms with Crippen LogP contribution < -0.4 is 15.0 Å². The second-order valence-electron chi connectivity index (χ2n) is 6.90. The Morgan fingerprint density at radius 3 is 2.83 bits per heavy atom. The van der Waals surface area contributed by atoms with Gasteiger partial charge in [0.25, 0.3) is 5.91 Å². The maximum atomic E-state index is 14.1. The molecule has 30 heavy (non-hydrogen) atoms. The monoisotopic (exact) mass is 412 g/mol. The Bertz CT molecular complexity index is 1120. The van der Waals surface area contributed by atoms with E-state index >= 15 is 0 Å². The van der Waals surface area contributed by atoms with Crippen molar-refractivity contribution in [2.75, 3.05) is 18.6 Å². The van der Waals surface area contributed by atoms with E-state index < -0.39 is 23.8 Å². The Morgan fingerprint density at radius 2 is 2.03 bits per heavy atom. The molecule has 1 aromatic heterocycles. The molecule has 2 heterocycles. The normalized spacial score (nSPS) is 15.9. The predicted octanol–water partition coefficient (Wildman–Crippen LogP) is 2.73. The van der Waals surface area contributed by atoms with E-state index in [1.54, 1.807) is 18.2 Å². The van der Waals surface area contributed by atoms with E-state index in [2.05, 4.69) is 10.4 Å². The summed E-state index contributed by atoms with van der Waals surface area (Å²) >= 11 is 0. The minimum absolute atomic E-state index is 0.0238. The zero-order valence-electron chi connectivity index (χ0n) is 16.0. The zero-order chi connectivity index (χ0) is 21.3. The van der Waals surface area contributed by atoms with Gasteiger partial charge in [0.15, 0.2) is 5.82 Å². The number of anilines is 1. The summed E-state index contributed by atoms with van der Waals surface area (Å²) in [5.74, 6) is -1.23. The van der Waals surface area contributed by atoms with Gasteiger partial charge in [0.2, 0.25) is 0 Å². The number of hydrogen-bond acceptors (Lipinski definition) is 4. The van der Waals surface area contributed by atoms with E-state index in [9.17, 15) is 18.4 Å². The molecular formula is C21H18F2N4O3. The third kappa shape index (κ3) is 3.86. The highest BCUT2D eigenvalue weighted by molar-refractivity contribution is 6.00. The van der Waals surface area contributed by atoms with Crippen molar-refractivity contribution < 1.29 is 23.1 Å². The predicted molar refractivity (Wildman–Crippen MR) is 104 cm³/mol. The quantitative estimate of drug-likeness (QED) is 0.718. The molecule has 0 spiro atoms. The van der Waals surface area contributed by atoms with E-state index in [-0.39, 0.29) is 23.9 Å². The summed E-state index contributed by atoms with van der Waals surface area (Å²) in [6.45, 7) is -0.150. The first-order valence-electron chi connectivity index (χ1n) is 9.20. The molecule has 4 rings (SSSR count). The van der Waals surface area contributed by atoms with Crippen LogP contribution >= 0.6 is 0 Å². The number of rotatable bonds is 3. The lowest BCUT2D eigenvalue weighted by Gasteiger charge is -2.20. The van der Waals surface area contributed by atoms with Crippen LogP contribution in [0.3, 0.4) is 0 Å². The summed E-state index contributed by atoms with van der Waals surface area (Å²) in [5, 5.41) is 6.57. The molecule has 0 aliphatic carbocycles. The fourth-order valence-electron chi connectivity index (χ4n) is 3.29. The summed E-state index contributed by atoms with van der Waals surface area (Å²) in [7, 11) is 1.42. The SMILES string of the molecule is CN1C(=O)[C@@H](NC(=O)n2cc(Cc3cccc(F)c3)cn2)COc2cccc(F)c21. The molecule has 0 saturated carbocycles. The number of nitrogens with zero attached hydrogens (tertiary/aromatic N) is 3. The Balaban J connectivity index is 1.46. The van der Waals surface area contributed by atoms with E-state index in [4.69, 9.17) is 4.74 Å². The van der Waals surface area contributed by atoms with Gasteiger partial charge in [-0.2, -0.15) is 9.78 Å². The summed E-state index contributed by atoms with van der Waals surface area (Å²) in [5.41, 5.74) is 1.46. The van der Waals surface area contributed by atoms with E-state index in [1.165, 1.54) is 43.7 Å². The lowest BCUT2D eigenvalue weighted by atomic mass is 10.1. The van der Waals surface area contributed by atoms with Crippen molar-refractivity contribution in [2.24, 2.45) is 0 Å². The van der Waals surface area contributed by atoms with Crippen LogP contribution in [-0.2, 0) is 11.2 Å². The summed E-state index contributed by atoms with van der Waals surface area (Å²) in [4.78, 5) is 26.4. The van der Waals surface area contributed by atoms with Gasteiger partial charge in [-0.25, -0.2) is 13.6 Å². The van der Waals surface area contributed by atoms with Crippen LogP contribution in [-0.4, -0.2) is 41.4 Å². The molecule has 2 amide bonds. The Morgan fingerprint density at radius 1 is 1.23 bits per heavy atom. The molecule has 1 N–H and O–H groups in total. The van der Waals surface area contributed by atoms with Gasteiger partial charge in [-0.05, 0) is 35.4 Å². The third-order valence-corrected chi connectivity index (χ3v) is 4.76. The summed E-state index contributed by atoms with van der Waals surface area (Å²) in [6, 6.07) is 8.75. The summed E-state index contributed by atoms with van der Waals surface area (Å²) in [6.07, 6.45) is 3.39. The first-order valence-corrected chi connectivity index (χ1v) is 9.20. The molecule has 154 valence electrons. The lowest BCUT2D eigenvalue weighted by Crippen LogP contribution is -2.50. The smallest absolute Gasteiger partial charge is 0.342 e.